The van der Waals surface area contributed by atoms with Crippen LogP contribution in [0.25, 0.3) is 88.0 Å². The van der Waals surface area contributed by atoms with E-state index in [1.54, 1.807) is 0 Å². The molecule has 12 rings (SSSR count). The van der Waals surface area contributed by atoms with E-state index in [2.05, 4.69) is 225 Å². The lowest BCUT2D eigenvalue weighted by atomic mass is 9.80. The van der Waals surface area contributed by atoms with Gasteiger partial charge in [0.05, 0.1) is 11.4 Å². The maximum Gasteiger partial charge on any atom is 0.143 e. The fourth-order valence-corrected chi connectivity index (χ4v) is 10.0. The summed E-state index contributed by atoms with van der Waals surface area (Å²) in [6, 6.07) is 77.6. The van der Waals surface area contributed by atoms with Gasteiger partial charge in [-0.3, -0.25) is 0 Å². The summed E-state index contributed by atoms with van der Waals surface area (Å²) in [5.41, 5.74) is 17.1. The molecule has 0 unspecified atom stereocenters. The number of furan rings is 1. The van der Waals surface area contributed by atoms with Crippen LogP contribution in [0.3, 0.4) is 0 Å². The first kappa shape index (κ1) is 35.3. The van der Waals surface area contributed by atoms with E-state index in [1.165, 1.54) is 66.1 Å². The van der Waals surface area contributed by atoms with Crippen LogP contribution in [-0.2, 0) is 5.41 Å². The van der Waals surface area contributed by atoms with Crippen LogP contribution in [0, 0.1) is 0 Å². The normalized spacial score (nSPS) is 12.9. The fraction of sp³-hybridized carbons (Fsp3) is 0.0508. The Balaban J connectivity index is 1.14. The van der Waals surface area contributed by atoms with Gasteiger partial charge in [-0.15, -0.1) is 0 Å². The van der Waals surface area contributed by atoms with Crippen molar-refractivity contribution >= 4 is 60.5 Å². The molecule has 11 aromatic rings. The number of anilines is 3. The van der Waals surface area contributed by atoms with E-state index in [0.717, 1.165) is 50.1 Å². The molecule has 0 fully saturated rings. The topological polar surface area (TPSA) is 16.4 Å². The van der Waals surface area contributed by atoms with Crippen LogP contribution in [0.15, 0.2) is 217 Å². The molecule has 1 aliphatic rings. The maximum atomic E-state index is 6.71. The highest BCUT2D eigenvalue weighted by Gasteiger charge is 2.36. The summed E-state index contributed by atoms with van der Waals surface area (Å²) in [6.07, 6.45) is 0. The van der Waals surface area contributed by atoms with E-state index in [9.17, 15) is 0 Å². The molecule has 1 aliphatic carbocycles. The van der Waals surface area contributed by atoms with Crippen LogP contribution >= 0.6 is 0 Å². The Labute approximate surface area is 355 Å². The zero-order valence-electron chi connectivity index (χ0n) is 34.1. The third-order valence-corrected chi connectivity index (χ3v) is 13.0. The van der Waals surface area contributed by atoms with Crippen LogP contribution in [-0.4, -0.2) is 0 Å². The van der Waals surface area contributed by atoms with Gasteiger partial charge in [-0.25, -0.2) is 0 Å². The summed E-state index contributed by atoms with van der Waals surface area (Å²) >= 11 is 0. The lowest BCUT2D eigenvalue weighted by molar-refractivity contribution is 0.661. The largest absolute Gasteiger partial charge is 0.455 e. The van der Waals surface area contributed by atoms with Gasteiger partial charge in [0, 0.05) is 38.6 Å². The van der Waals surface area contributed by atoms with Crippen LogP contribution in [0.1, 0.15) is 25.0 Å². The lowest BCUT2D eigenvalue weighted by Gasteiger charge is -2.31. The average molecular weight is 780 g/mol. The second kappa shape index (κ2) is 13.7. The molecule has 0 spiro atoms. The Morgan fingerprint density at radius 3 is 1.85 bits per heavy atom. The molecule has 0 bridgehead atoms. The van der Waals surface area contributed by atoms with Crippen LogP contribution < -0.4 is 4.90 Å². The highest BCUT2D eigenvalue weighted by Crippen LogP contribution is 2.54. The molecule has 61 heavy (non-hydrogen) atoms. The molecule has 10 aromatic carbocycles. The molecule has 2 nitrogen and oxygen atoms in total. The monoisotopic (exact) mass is 779 g/mol. The van der Waals surface area contributed by atoms with Crippen LogP contribution in [0.2, 0.25) is 0 Å². The van der Waals surface area contributed by atoms with Crippen molar-refractivity contribution in [2.24, 2.45) is 0 Å². The molecular formula is C59H41NO. The Morgan fingerprint density at radius 2 is 1.00 bits per heavy atom. The van der Waals surface area contributed by atoms with Gasteiger partial charge < -0.3 is 9.32 Å². The highest BCUT2D eigenvalue weighted by atomic mass is 16.3. The molecule has 0 amide bonds. The third kappa shape index (κ3) is 5.56. The summed E-state index contributed by atoms with van der Waals surface area (Å²) < 4.78 is 6.71. The van der Waals surface area contributed by atoms with E-state index >= 15 is 0 Å². The van der Waals surface area contributed by atoms with E-state index < -0.39 is 0 Å². The fourth-order valence-electron chi connectivity index (χ4n) is 10.0. The van der Waals surface area contributed by atoms with Crippen molar-refractivity contribution in [3.8, 4) is 44.5 Å². The Morgan fingerprint density at radius 1 is 0.377 bits per heavy atom. The molecule has 1 aromatic heterocycles. The van der Waals surface area contributed by atoms with Crippen LogP contribution in [0.4, 0.5) is 17.1 Å². The summed E-state index contributed by atoms with van der Waals surface area (Å²) in [4.78, 5) is 2.48. The molecule has 2 heteroatoms. The lowest BCUT2D eigenvalue weighted by Crippen LogP contribution is -2.15. The van der Waals surface area contributed by atoms with Crippen molar-refractivity contribution in [2.45, 2.75) is 19.3 Å². The van der Waals surface area contributed by atoms with E-state index in [0.29, 0.717) is 0 Å². The number of rotatable bonds is 6. The van der Waals surface area contributed by atoms with E-state index in [1.807, 2.05) is 6.07 Å². The van der Waals surface area contributed by atoms with Gasteiger partial charge in [0.25, 0.3) is 0 Å². The van der Waals surface area contributed by atoms with Gasteiger partial charge in [0.2, 0.25) is 0 Å². The minimum absolute atomic E-state index is 0.192. The molecule has 1 heterocycles. The van der Waals surface area contributed by atoms with Crippen molar-refractivity contribution in [1.29, 1.82) is 0 Å². The first-order valence-corrected chi connectivity index (χ1v) is 21.2. The van der Waals surface area contributed by atoms with Crippen molar-refractivity contribution in [3.63, 3.8) is 0 Å². The quantitative estimate of drug-likeness (QED) is 0.167. The number of para-hydroxylation sites is 3. The number of benzene rings is 10. The summed E-state index contributed by atoms with van der Waals surface area (Å²) in [6.45, 7) is 4.77. The van der Waals surface area contributed by atoms with Crippen LogP contribution in [0.5, 0.6) is 0 Å². The number of fused-ring (bicyclic) bond motifs is 8. The Kier molecular flexibility index (Phi) is 7.92. The standard InChI is InChI=1S/C59H41NO/c1-59(2)52-37-43(31-33-46(52)51-35-41-20-8-9-21-42(41)36-53(51)59)57-45(39-17-4-3-5-18-39)24-15-28-55(57)60(44-32-30-38-16-6-7-19-40(38)34-44)54-27-12-10-22-47(54)49-25-14-26-50-48-23-11-13-29-56(48)61-58(49)50/h3-37H,1-2H3. The predicted molar refractivity (Wildman–Crippen MR) is 257 cm³/mol. The molecule has 0 saturated carbocycles. The molecule has 288 valence electrons. The Hall–Kier alpha value is -7.68. The molecule has 0 radical (unpaired) electrons. The second-order valence-corrected chi connectivity index (χ2v) is 16.9. The minimum Gasteiger partial charge on any atom is -0.455 e. The van der Waals surface area contributed by atoms with Gasteiger partial charge in [-0.1, -0.05) is 178 Å². The smallest absolute Gasteiger partial charge is 0.143 e. The maximum absolute atomic E-state index is 6.71. The van der Waals surface area contributed by atoms with Gasteiger partial charge >= 0.3 is 0 Å². The summed E-state index contributed by atoms with van der Waals surface area (Å²) in [5, 5.41) is 7.18. The zero-order valence-corrected chi connectivity index (χ0v) is 34.1. The first-order chi connectivity index (χ1) is 30.0. The summed E-state index contributed by atoms with van der Waals surface area (Å²) in [5.74, 6) is 0. The molecule has 0 atom stereocenters. The second-order valence-electron chi connectivity index (χ2n) is 16.9. The van der Waals surface area contributed by atoms with E-state index in [4.69, 9.17) is 4.42 Å². The number of hydrogen-bond acceptors (Lipinski definition) is 2. The first-order valence-electron chi connectivity index (χ1n) is 21.2. The SMILES string of the molecule is CC1(C)c2cc(-c3c(-c4ccccc4)cccc3N(c3ccc4ccccc4c3)c3ccccc3-c3cccc4c3oc3ccccc34)ccc2-c2cc3ccccc3cc21. The number of hydrogen-bond donors (Lipinski definition) is 0. The minimum atomic E-state index is -0.192. The van der Waals surface area contributed by atoms with Crippen molar-refractivity contribution in [3.05, 3.63) is 223 Å². The average Bonchev–Trinajstić information content (AvgIpc) is 3.80. The molecule has 0 saturated heterocycles. The molecule has 0 N–H and O–H groups in total. The highest BCUT2D eigenvalue weighted by molar-refractivity contribution is 6.11. The van der Waals surface area contributed by atoms with Gasteiger partial charge in [0.15, 0.2) is 0 Å². The van der Waals surface area contributed by atoms with E-state index in [-0.39, 0.29) is 5.41 Å². The Bertz CT molecular complexity index is 3520. The zero-order chi connectivity index (χ0) is 40.7. The third-order valence-electron chi connectivity index (χ3n) is 13.0. The summed E-state index contributed by atoms with van der Waals surface area (Å²) in [7, 11) is 0. The van der Waals surface area contributed by atoms with Gasteiger partial charge in [-0.2, -0.15) is 0 Å². The van der Waals surface area contributed by atoms with Crippen molar-refractivity contribution in [2.75, 3.05) is 4.90 Å². The van der Waals surface area contributed by atoms with Gasteiger partial charge in [-0.05, 0) is 109 Å². The predicted octanol–water partition coefficient (Wildman–Crippen LogP) is 16.7. The molecule has 0 aliphatic heterocycles. The van der Waals surface area contributed by atoms with Crippen molar-refractivity contribution < 1.29 is 4.42 Å². The number of nitrogens with zero attached hydrogens (tertiary/aromatic N) is 1. The van der Waals surface area contributed by atoms with Crippen molar-refractivity contribution in [1.82, 2.24) is 0 Å². The van der Waals surface area contributed by atoms with Gasteiger partial charge in [0.1, 0.15) is 11.2 Å². The molecular weight excluding hydrogens is 739 g/mol.